The van der Waals surface area contributed by atoms with Gasteiger partial charge in [-0.05, 0) is 12.1 Å². The van der Waals surface area contributed by atoms with E-state index in [1.54, 1.807) is 0 Å². The van der Waals surface area contributed by atoms with Crippen molar-refractivity contribution in [1.82, 2.24) is 14.3 Å². The zero-order chi connectivity index (χ0) is 12.4. The molecule has 96 valence electrons. The molecule has 0 unspecified atom stereocenters. The van der Waals surface area contributed by atoms with Crippen LogP contribution in [0.4, 0.5) is 0 Å². The fourth-order valence-electron chi connectivity index (χ4n) is 2.29. The molecule has 1 aliphatic heterocycles. The number of nitrogens with zero attached hydrogens (tertiary/aromatic N) is 3. The van der Waals surface area contributed by atoms with Gasteiger partial charge < -0.3 is 9.14 Å². The predicted octanol–water partition coefficient (Wildman–Crippen LogP) is 1.86. The van der Waals surface area contributed by atoms with Gasteiger partial charge in [-0.25, -0.2) is 4.98 Å². The Hall–Kier alpha value is -1.10. The van der Waals surface area contributed by atoms with Crippen LogP contribution >= 0.6 is 11.6 Å². The van der Waals surface area contributed by atoms with Crippen LogP contribution in [0.5, 0.6) is 0 Å². The molecular formula is C13H16ClN3O. The Morgan fingerprint density at radius 3 is 2.94 bits per heavy atom. The fraction of sp³-hybridized carbons (Fsp3) is 0.462. The minimum absolute atomic E-state index is 0.744. The second-order valence-corrected chi connectivity index (χ2v) is 4.96. The molecule has 0 radical (unpaired) electrons. The van der Waals surface area contributed by atoms with E-state index in [0.29, 0.717) is 0 Å². The third kappa shape index (κ3) is 2.51. The standard InChI is InChI=1S/C13H16ClN3O/c14-11-1-2-12-9-15-13(17(12)10-11)3-4-16-5-7-18-8-6-16/h1-2,9-10H,3-8H2. The number of fused-ring (bicyclic) bond motifs is 1. The number of ether oxygens (including phenoxy) is 1. The second kappa shape index (κ2) is 5.26. The van der Waals surface area contributed by atoms with Crippen LogP contribution in [-0.2, 0) is 11.2 Å². The number of hydrogen-bond donors (Lipinski definition) is 0. The highest BCUT2D eigenvalue weighted by Crippen LogP contribution is 2.13. The largest absolute Gasteiger partial charge is 0.379 e. The summed E-state index contributed by atoms with van der Waals surface area (Å²) in [6, 6.07) is 3.89. The highest BCUT2D eigenvalue weighted by atomic mass is 35.5. The lowest BCUT2D eigenvalue weighted by Crippen LogP contribution is -2.37. The molecule has 0 saturated carbocycles. The smallest absolute Gasteiger partial charge is 0.114 e. The van der Waals surface area contributed by atoms with Gasteiger partial charge in [0.2, 0.25) is 0 Å². The van der Waals surface area contributed by atoms with E-state index in [1.807, 2.05) is 24.5 Å². The molecule has 3 heterocycles. The maximum absolute atomic E-state index is 6.02. The molecular weight excluding hydrogens is 250 g/mol. The summed E-state index contributed by atoms with van der Waals surface area (Å²) in [4.78, 5) is 6.88. The van der Waals surface area contributed by atoms with Crippen molar-refractivity contribution in [2.45, 2.75) is 6.42 Å². The van der Waals surface area contributed by atoms with E-state index in [1.165, 1.54) is 0 Å². The SMILES string of the molecule is Clc1ccc2cnc(CCN3CCOCC3)n2c1. The molecule has 0 atom stereocenters. The number of halogens is 1. The van der Waals surface area contributed by atoms with E-state index in [0.717, 1.165) is 55.6 Å². The van der Waals surface area contributed by atoms with Gasteiger partial charge >= 0.3 is 0 Å². The minimum atomic E-state index is 0.744. The first-order valence-electron chi connectivity index (χ1n) is 6.24. The molecule has 1 fully saturated rings. The van der Waals surface area contributed by atoms with Crippen LogP contribution in [0, 0.1) is 0 Å². The van der Waals surface area contributed by atoms with Gasteiger partial charge in [0.05, 0.1) is 29.9 Å². The summed E-state index contributed by atoms with van der Waals surface area (Å²) in [5.41, 5.74) is 1.09. The van der Waals surface area contributed by atoms with Crippen molar-refractivity contribution < 1.29 is 4.74 Å². The molecule has 1 aliphatic rings. The summed E-state index contributed by atoms with van der Waals surface area (Å²) in [6.07, 6.45) is 4.76. The van der Waals surface area contributed by atoms with Crippen molar-refractivity contribution in [3.63, 3.8) is 0 Å². The minimum Gasteiger partial charge on any atom is -0.379 e. The van der Waals surface area contributed by atoms with Crippen molar-refractivity contribution in [3.8, 4) is 0 Å². The molecule has 4 nitrogen and oxygen atoms in total. The highest BCUT2D eigenvalue weighted by Gasteiger charge is 2.11. The molecule has 0 amide bonds. The number of hydrogen-bond acceptors (Lipinski definition) is 3. The van der Waals surface area contributed by atoms with Crippen molar-refractivity contribution in [1.29, 1.82) is 0 Å². The molecule has 1 saturated heterocycles. The third-order valence-corrected chi connectivity index (χ3v) is 3.55. The van der Waals surface area contributed by atoms with Crippen molar-refractivity contribution in [3.05, 3.63) is 35.4 Å². The molecule has 0 spiro atoms. The van der Waals surface area contributed by atoms with E-state index < -0.39 is 0 Å². The Morgan fingerprint density at radius 1 is 1.28 bits per heavy atom. The molecule has 0 aliphatic carbocycles. The average Bonchev–Trinajstić information content (AvgIpc) is 2.80. The highest BCUT2D eigenvalue weighted by molar-refractivity contribution is 6.30. The first-order valence-corrected chi connectivity index (χ1v) is 6.62. The van der Waals surface area contributed by atoms with Crippen LogP contribution in [0.2, 0.25) is 5.02 Å². The first-order chi connectivity index (χ1) is 8.83. The van der Waals surface area contributed by atoms with Gasteiger partial charge in [0, 0.05) is 32.3 Å². The molecule has 18 heavy (non-hydrogen) atoms. The summed E-state index contributed by atoms with van der Waals surface area (Å²) in [5, 5.41) is 0.744. The summed E-state index contributed by atoms with van der Waals surface area (Å²) in [7, 11) is 0. The number of imidazole rings is 1. The predicted molar refractivity (Wildman–Crippen MR) is 71.2 cm³/mol. The van der Waals surface area contributed by atoms with E-state index >= 15 is 0 Å². The van der Waals surface area contributed by atoms with Crippen LogP contribution in [0.15, 0.2) is 24.5 Å². The zero-order valence-corrected chi connectivity index (χ0v) is 10.9. The Balaban J connectivity index is 1.72. The van der Waals surface area contributed by atoms with Gasteiger partial charge in [0.1, 0.15) is 5.82 Å². The van der Waals surface area contributed by atoms with Gasteiger partial charge in [-0.3, -0.25) is 4.90 Å². The van der Waals surface area contributed by atoms with Gasteiger partial charge in [0.15, 0.2) is 0 Å². The molecule has 5 heteroatoms. The number of morpholine rings is 1. The summed E-state index contributed by atoms with van der Waals surface area (Å²) in [6.45, 7) is 4.74. The zero-order valence-electron chi connectivity index (χ0n) is 10.2. The monoisotopic (exact) mass is 265 g/mol. The lowest BCUT2D eigenvalue weighted by Gasteiger charge is -2.26. The summed E-state index contributed by atoms with van der Waals surface area (Å²) >= 11 is 6.02. The van der Waals surface area contributed by atoms with Gasteiger partial charge in [-0.2, -0.15) is 0 Å². The normalized spacial score (nSPS) is 17.4. The first kappa shape index (κ1) is 12.0. The second-order valence-electron chi connectivity index (χ2n) is 4.52. The van der Waals surface area contributed by atoms with E-state index in [4.69, 9.17) is 16.3 Å². The molecule has 0 N–H and O–H groups in total. The quantitative estimate of drug-likeness (QED) is 0.849. The van der Waals surface area contributed by atoms with Crippen LogP contribution < -0.4 is 0 Å². The van der Waals surface area contributed by atoms with Gasteiger partial charge in [-0.1, -0.05) is 11.6 Å². The molecule has 3 rings (SSSR count). The number of pyridine rings is 1. The van der Waals surface area contributed by atoms with Crippen LogP contribution in [0.1, 0.15) is 5.82 Å². The van der Waals surface area contributed by atoms with E-state index in [9.17, 15) is 0 Å². The van der Waals surface area contributed by atoms with Gasteiger partial charge in [-0.15, -0.1) is 0 Å². The van der Waals surface area contributed by atoms with E-state index in [-0.39, 0.29) is 0 Å². The lowest BCUT2D eigenvalue weighted by molar-refractivity contribution is 0.0382. The molecule has 0 bridgehead atoms. The van der Waals surface area contributed by atoms with Crippen molar-refractivity contribution >= 4 is 17.1 Å². The Bertz CT molecular complexity index is 534. The number of aromatic nitrogens is 2. The maximum atomic E-state index is 6.02. The fourth-order valence-corrected chi connectivity index (χ4v) is 2.45. The number of rotatable bonds is 3. The maximum Gasteiger partial charge on any atom is 0.114 e. The van der Waals surface area contributed by atoms with Gasteiger partial charge in [0.25, 0.3) is 0 Å². The van der Waals surface area contributed by atoms with Crippen molar-refractivity contribution in [2.75, 3.05) is 32.8 Å². The summed E-state index contributed by atoms with van der Waals surface area (Å²) < 4.78 is 7.41. The average molecular weight is 266 g/mol. The topological polar surface area (TPSA) is 29.8 Å². The van der Waals surface area contributed by atoms with Crippen LogP contribution in [0.25, 0.3) is 5.52 Å². The Kier molecular flexibility index (Phi) is 3.50. The lowest BCUT2D eigenvalue weighted by atomic mass is 10.3. The van der Waals surface area contributed by atoms with Crippen molar-refractivity contribution in [2.24, 2.45) is 0 Å². The summed E-state index contributed by atoms with van der Waals surface area (Å²) in [5.74, 6) is 1.07. The molecule has 0 aromatic carbocycles. The van der Waals surface area contributed by atoms with Crippen LogP contribution in [-0.4, -0.2) is 47.1 Å². The Labute approximate surface area is 111 Å². The Morgan fingerprint density at radius 2 is 2.11 bits per heavy atom. The molecule has 2 aromatic heterocycles. The third-order valence-electron chi connectivity index (χ3n) is 3.32. The van der Waals surface area contributed by atoms with Crippen LogP contribution in [0.3, 0.4) is 0 Å². The molecule has 2 aromatic rings. The van der Waals surface area contributed by atoms with E-state index in [2.05, 4.69) is 14.3 Å².